The Morgan fingerprint density at radius 2 is 1.92 bits per heavy atom. The van der Waals surface area contributed by atoms with Gasteiger partial charge in [0.05, 0.1) is 17.9 Å². The highest BCUT2D eigenvalue weighted by atomic mass is 32.1. The quantitative estimate of drug-likeness (QED) is 0.699. The molecule has 4 nitrogen and oxygen atoms in total. The van der Waals surface area contributed by atoms with E-state index in [1.165, 1.54) is 17.8 Å². The molecule has 0 aliphatic carbocycles. The van der Waals surface area contributed by atoms with Gasteiger partial charge in [0.1, 0.15) is 11.6 Å². The summed E-state index contributed by atoms with van der Waals surface area (Å²) in [6.45, 7) is 6.11. The van der Waals surface area contributed by atoms with Crippen LogP contribution in [0.25, 0.3) is 11.3 Å². The molecule has 1 aromatic carbocycles. The monoisotopic (exact) mass is 356 g/mol. The molecular formula is C19H21FN4S. The van der Waals surface area contributed by atoms with Gasteiger partial charge >= 0.3 is 0 Å². The van der Waals surface area contributed by atoms with Gasteiger partial charge in [-0.15, -0.1) is 11.3 Å². The fraction of sp³-hybridized carbons (Fsp3) is 0.368. The molecule has 0 saturated carbocycles. The first-order valence-corrected chi connectivity index (χ1v) is 9.41. The summed E-state index contributed by atoms with van der Waals surface area (Å²) in [6.07, 6.45) is 0.983. The first-order chi connectivity index (χ1) is 12.0. The van der Waals surface area contributed by atoms with Gasteiger partial charge in [-0.3, -0.25) is 0 Å². The summed E-state index contributed by atoms with van der Waals surface area (Å²) in [6, 6.07) is 6.50. The van der Waals surface area contributed by atoms with Gasteiger partial charge in [-0.2, -0.15) is 0 Å². The van der Waals surface area contributed by atoms with Crippen LogP contribution in [0, 0.1) is 5.82 Å². The molecule has 0 saturated heterocycles. The van der Waals surface area contributed by atoms with Crippen molar-refractivity contribution in [3.8, 4) is 11.3 Å². The summed E-state index contributed by atoms with van der Waals surface area (Å²) in [4.78, 5) is 11.9. The van der Waals surface area contributed by atoms with Gasteiger partial charge in [0.25, 0.3) is 0 Å². The van der Waals surface area contributed by atoms with Gasteiger partial charge in [0, 0.05) is 42.6 Å². The highest BCUT2D eigenvalue weighted by molar-refractivity contribution is 7.14. The van der Waals surface area contributed by atoms with Crippen LogP contribution in [0.4, 0.5) is 9.52 Å². The zero-order valence-corrected chi connectivity index (χ0v) is 15.5. The van der Waals surface area contributed by atoms with Gasteiger partial charge in [-0.25, -0.2) is 14.4 Å². The summed E-state index contributed by atoms with van der Waals surface area (Å²) in [5.41, 5.74) is 4.35. The van der Waals surface area contributed by atoms with E-state index in [2.05, 4.69) is 30.4 Å². The highest BCUT2D eigenvalue weighted by Gasteiger charge is 2.25. The maximum atomic E-state index is 13.1. The second-order valence-corrected chi connectivity index (χ2v) is 7.61. The predicted molar refractivity (Wildman–Crippen MR) is 99.6 cm³/mol. The lowest BCUT2D eigenvalue weighted by Crippen LogP contribution is -2.31. The van der Waals surface area contributed by atoms with E-state index >= 15 is 0 Å². The third-order valence-corrected chi connectivity index (χ3v) is 5.61. The van der Waals surface area contributed by atoms with Crippen molar-refractivity contribution in [3.63, 3.8) is 0 Å². The Bertz CT molecular complexity index is 895. The van der Waals surface area contributed by atoms with Crippen LogP contribution in [0.15, 0.2) is 29.6 Å². The van der Waals surface area contributed by atoms with Crippen LogP contribution in [0.2, 0.25) is 0 Å². The van der Waals surface area contributed by atoms with Crippen molar-refractivity contribution in [1.82, 2.24) is 14.5 Å². The number of aromatic nitrogens is 3. The number of halogens is 1. The molecule has 2 aromatic heterocycles. The molecule has 0 fully saturated rings. The maximum absolute atomic E-state index is 13.1. The van der Waals surface area contributed by atoms with Crippen molar-refractivity contribution < 1.29 is 4.39 Å². The van der Waals surface area contributed by atoms with Gasteiger partial charge in [0.15, 0.2) is 5.13 Å². The largest absolute Gasteiger partial charge is 0.342 e. The lowest BCUT2D eigenvalue weighted by Gasteiger charge is -2.26. The van der Waals surface area contributed by atoms with Crippen molar-refractivity contribution in [2.24, 2.45) is 7.05 Å². The molecule has 6 heteroatoms. The van der Waals surface area contributed by atoms with Crippen molar-refractivity contribution in [3.05, 3.63) is 52.7 Å². The number of imidazole rings is 1. The van der Waals surface area contributed by atoms with Crippen molar-refractivity contribution in [2.45, 2.75) is 32.7 Å². The predicted octanol–water partition coefficient (Wildman–Crippen LogP) is 4.37. The molecule has 0 spiro atoms. The van der Waals surface area contributed by atoms with Crippen LogP contribution in [-0.4, -0.2) is 21.1 Å². The number of hydrogen-bond donors (Lipinski definition) is 0. The SMILES string of the molecule is CC(C)c1nc2c(n1C)CCN(c1nc(-c3ccc(F)cc3)cs1)C2. The fourth-order valence-corrected chi connectivity index (χ4v) is 4.25. The number of benzene rings is 1. The molecule has 4 rings (SSSR count). The van der Waals surface area contributed by atoms with E-state index in [1.54, 1.807) is 23.5 Å². The molecular weight excluding hydrogens is 335 g/mol. The normalized spacial score (nSPS) is 14.2. The van der Waals surface area contributed by atoms with Crippen LogP contribution in [0.3, 0.4) is 0 Å². The first-order valence-electron chi connectivity index (χ1n) is 8.53. The molecule has 0 bridgehead atoms. The van der Waals surface area contributed by atoms with E-state index in [-0.39, 0.29) is 5.82 Å². The number of hydrogen-bond acceptors (Lipinski definition) is 4. The van der Waals surface area contributed by atoms with Crippen LogP contribution in [0.5, 0.6) is 0 Å². The van der Waals surface area contributed by atoms with E-state index in [4.69, 9.17) is 9.97 Å². The van der Waals surface area contributed by atoms with E-state index in [0.29, 0.717) is 5.92 Å². The smallest absolute Gasteiger partial charge is 0.186 e. The topological polar surface area (TPSA) is 34.0 Å². The molecule has 3 heterocycles. The Hall–Kier alpha value is -2.21. The molecule has 1 aliphatic rings. The molecule has 25 heavy (non-hydrogen) atoms. The molecule has 0 amide bonds. The summed E-state index contributed by atoms with van der Waals surface area (Å²) < 4.78 is 15.3. The molecule has 130 valence electrons. The lowest BCUT2D eigenvalue weighted by atomic mass is 10.1. The average Bonchev–Trinajstić information content (AvgIpc) is 3.21. The molecule has 0 N–H and O–H groups in total. The minimum absolute atomic E-state index is 0.223. The summed E-state index contributed by atoms with van der Waals surface area (Å²) in [7, 11) is 2.12. The molecule has 3 aromatic rings. The molecule has 0 unspecified atom stereocenters. The fourth-order valence-electron chi connectivity index (χ4n) is 3.39. The number of thiazole rings is 1. The highest BCUT2D eigenvalue weighted by Crippen LogP contribution is 2.31. The minimum atomic E-state index is -0.223. The second kappa shape index (κ2) is 6.26. The Labute approximate surface area is 151 Å². The summed E-state index contributed by atoms with van der Waals surface area (Å²) >= 11 is 1.63. The first kappa shape index (κ1) is 16.3. The van der Waals surface area contributed by atoms with Gasteiger partial charge in [-0.1, -0.05) is 13.8 Å². The maximum Gasteiger partial charge on any atom is 0.186 e. The Balaban J connectivity index is 1.58. The zero-order chi connectivity index (χ0) is 17.6. The van der Waals surface area contributed by atoms with Crippen LogP contribution < -0.4 is 4.90 Å². The number of anilines is 1. The Morgan fingerprint density at radius 3 is 2.64 bits per heavy atom. The Morgan fingerprint density at radius 1 is 1.16 bits per heavy atom. The number of nitrogens with zero attached hydrogens (tertiary/aromatic N) is 4. The summed E-state index contributed by atoms with van der Waals surface area (Å²) in [5.74, 6) is 1.35. The van der Waals surface area contributed by atoms with E-state index < -0.39 is 0 Å². The van der Waals surface area contributed by atoms with E-state index in [1.807, 2.05) is 5.38 Å². The van der Waals surface area contributed by atoms with Crippen LogP contribution in [-0.2, 0) is 20.0 Å². The van der Waals surface area contributed by atoms with Gasteiger partial charge in [-0.05, 0) is 24.3 Å². The molecule has 0 radical (unpaired) electrons. The Kier molecular flexibility index (Phi) is 4.07. The summed E-state index contributed by atoms with van der Waals surface area (Å²) in [5, 5.41) is 3.04. The van der Waals surface area contributed by atoms with E-state index in [0.717, 1.165) is 47.4 Å². The average molecular weight is 356 g/mol. The van der Waals surface area contributed by atoms with Crippen LogP contribution >= 0.6 is 11.3 Å². The van der Waals surface area contributed by atoms with Gasteiger partial charge in [0.2, 0.25) is 0 Å². The second-order valence-electron chi connectivity index (χ2n) is 6.77. The van der Waals surface area contributed by atoms with Crippen molar-refractivity contribution in [1.29, 1.82) is 0 Å². The van der Waals surface area contributed by atoms with E-state index in [9.17, 15) is 4.39 Å². The van der Waals surface area contributed by atoms with Crippen LogP contribution in [0.1, 0.15) is 37.0 Å². The lowest BCUT2D eigenvalue weighted by molar-refractivity contribution is 0.628. The van der Waals surface area contributed by atoms with Crippen molar-refractivity contribution in [2.75, 3.05) is 11.4 Å². The van der Waals surface area contributed by atoms with Crippen molar-refractivity contribution >= 4 is 16.5 Å². The molecule has 1 aliphatic heterocycles. The third-order valence-electron chi connectivity index (χ3n) is 4.71. The minimum Gasteiger partial charge on any atom is -0.342 e. The number of fused-ring (bicyclic) bond motifs is 1. The zero-order valence-electron chi connectivity index (χ0n) is 14.7. The number of rotatable bonds is 3. The standard InChI is InChI=1S/C19H21FN4S/c1-12(2)18-21-15-10-24(9-8-17(15)23(18)3)19-22-16(11-25-19)13-4-6-14(20)7-5-13/h4-7,11-12H,8-10H2,1-3H3. The third kappa shape index (κ3) is 2.95. The molecule has 0 atom stereocenters. The van der Waals surface area contributed by atoms with Gasteiger partial charge < -0.3 is 9.47 Å².